The van der Waals surface area contributed by atoms with Crippen LogP contribution in [0.15, 0.2) is 53.8 Å². The second-order valence-electron chi connectivity index (χ2n) is 7.39. The normalized spacial score (nSPS) is 11.3. The molecule has 0 atom stereocenters. The Morgan fingerprint density at radius 2 is 1.82 bits per heavy atom. The van der Waals surface area contributed by atoms with Gasteiger partial charge in [-0.3, -0.25) is 9.59 Å². The molecule has 0 spiro atoms. The lowest BCUT2D eigenvalue weighted by Crippen LogP contribution is -2.28. The maximum absolute atomic E-state index is 13.2. The Morgan fingerprint density at radius 1 is 1.15 bits per heavy atom. The molecule has 0 fully saturated rings. The number of allylic oxidation sites excluding steroid dienone is 2. The summed E-state index contributed by atoms with van der Waals surface area (Å²) in [5.74, 6) is -2.36. The molecule has 1 aromatic carbocycles. The summed E-state index contributed by atoms with van der Waals surface area (Å²) in [6, 6.07) is 7.92. The van der Waals surface area contributed by atoms with Crippen LogP contribution in [0.4, 0.5) is 13.2 Å². The van der Waals surface area contributed by atoms with Gasteiger partial charge in [0.25, 0.3) is 11.7 Å². The molecule has 2 heterocycles. The number of halogens is 4. The highest BCUT2D eigenvalue weighted by atomic mass is 35.5. The number of benzene rings is 1. The molecule has 0 unspecified atom stereocenters. The standard InChI is InChI=1S/C21H19ClF3N7O2/c1-11(2)18(12(3)13(4)33)26-19(34)17-9-14(10-31-29-20(27-30-31)21(23,24)25)28-32(17)16-8-6-5-7-15(16)22/h5-9H,3,10H2,1-2,4H3,(H,26,34). The van der Waals surface area contributed by atoms with Crippen LogP contribution in [0.3, 0.4) is 0 Å². The molecule has 1 amide bonds. The molecule has 0 saturated carbocycles. The minimum atomic E-state index is -4.75. The first kappa shape index (κ1) is 24.8. The molecule has 3 rings (SSSR count). The van der Waals surface area contributed by atoms with Gasteiger partial charge in [-0.1, -0.05) is 35.9 Å². The predicted molar refractivity (Wildman–Crippen MR) is 116 cm³/mol. The van der Waals surface area contributed by atoms with Gasteiger partial charge in [0.1, 0.15) is 12.2 Å². The average Bonchev–Trinajstić information content (AvgIpc) is 3.39. The summed E-state index contributed by atoms with van der Waals surface area (Å²) in [6.07, 6.45) is -4.75. The van der Waals surface area contributed by atoms with Crippen molar-refractivity contribution >= 4 is 23.3 Å². The van der Waals surface area contributed by atoms with Crippen molar-refractivity contribution in [1.82, 2.24) is 35.3 Å². The second kappa shape index (κ2) is 9.59. The zero-order chi connectivity index (χ0) is 25.2. The third-order valence-corrected chi connectivity index (χ3v) is 4.87. The lowest BCUT2D eigenvalue weighted by Gasteiger charge is -2.14. The largest absolute Gasteiger partial charge is 0.455 e. The molecule has 3 aromatic rings. The number of aromatic nitrogens is 6. The molecule has 13 heteroatoms. The van der Waals surface area contributed by atoms with Crippen molar-refractivity contribution in [1.29, 1.82) is 0 Å². The molecule has 0 bridgehead atoms. The summed E-state index contributed by atoms with van der Waals surface area (Å²) >= 11 is 6.28. The Hall–Kier alpha value is -3.80. The maximum Gasteiger partial charge on any atom is 0.455 e. The number of carbonyl (C=O) groups excluding carboxylic acids is 2. The summed E-state index contributed by atoms with van der Waals surface area (Å²) in [7, 11) is 0. The Balaban J connectivity index is 2.02. The van der Waals surface area contributed by atoms with Crippen molar-refractivity contribution in [2.24, 2.45) is 0 Å². The van der Waals surface area contributed by atoms with E-state index in [1.54, 1.807) is 38.1 Å². The van der Waals surface area contributed by atoms with E-state index in [2.05, 4.69) is 32.4 Å². The van der Waals surface area contributed by atoms with Crippen molar-refractivity contribution in [2.45, 2.75) is 33.5 Å². The van der Waals surface area contributed by atoms with E-state index in [1.165, 1.54) is 17.7 Å². The SMILES string of the molecule is C=C(C(C)=O)C(NC(=O)c1cc(Cn2nnc(C(F)(F)F)n2)nn1-c1ccccc1Cl)=C(C)C. The van der Waals surface area contributed by atoms with Crippen molar-refractivity contribution in [3.05, 3.63) is 76.0 Å². The molecule has 0 aliphatic rings. The fraction of sp³-hybridized carbons (Fsp3) is 0.238. The third-order valence-electron chi connectivity index (χ3n) is 4.55. The number of tetrazole rings is 1. The highest BCUT2D eigenvalue weighted by molar-refractivity contribution is 6.32. The van der Waals surface area contributed by atoms with Gasteiger partial charge >= 0.3 is 6.18 Å². The highest BCUT2D eigenvalue weighted by Gasteiger charge is 2.36. The fourth-order valence-electron chi connectivity index (χ4n) is 2.90. The molecule has 1 N–H and O–H groups in total. The number of rotatable bonds is 7. The Kier molecular flexibility index (Phi) is 7.01. The van der Waals surface area contributed by atoms with E-state index >= 15 is 0 Å². The van der Waals surface area contributed by atoms with E-state index in [1.807, 2.05) is 0 Å². The minimum absolute atomic E-state index is 0.00867. The number of hydrogen-bond donors (Lipinski definition) is 1. The topological polar surface area (TPSA) is 108 Å². The molecular weight excluding hydrogens is 475 g/mol. The van der Waals surface area contributed by atoms with Gasteiger partial charge < -0.3 is 5.32 Å². The monoisotopic (exact) mass is 493 g/mol. The van der Waals surface area contributed by atoms with Gasteiger partial charge in [0.05, 0.1) is 16.4 Å². The number of nitrogens with one attached hydrogen (secondary N) is 1. The first-order valence-corrected chi connectivity index (χ1v) is 10.1. The van der Waals surface area contributed by atoms with Crippen LogP contribution in [-0.4, -0.2) is 41.7 Å². The van der Waals surface area contributed by atoms with Crippen molar-refractivity contribution in [3.8, 4) is 5.69 Å². The van der Waals surface area contributed by atoms with E-state index in [0.717, 1.165) is 0 Å². The predicted octanol–water partition coefficient (Wildman–Crippen LogP) is 3.75. The van der Waals surface area contributed by atoms with Crippen LogP contribution in [-0.2, 0) is 17.5 Å². The number of hydrogen-bond acceptors (Lipinski definition) is 6. The van der Waals surface area contributed by atoms with Gasteiger partial charge in [-0.2, -0.15) is 23.1 Å². The van der Waals surface area contributed by atoms with Crippen molar-refractivity contribution in [2.75, 3.05) is 0 Å². The lowest BCUT2D eigenvalue weighted by atomic mass is 10.1. The number of amides is 1. The average molecular weight is 494 g/mol. The molecule has 0 radical (unpaired) electrons. The zero-order valence-electron chi connectivity index (χ0n) is 18.3. The quantitative estimate of drug-likeness (QED) is 0.397. The highest BCUT2D eigenvalue weighted by Crippen LogP contribution is 2.25. The van der Waals surface area contributed by atoms with Crippen LogP contribution >= 0.6 is 11.6 Å². The van der Waals surface area contributed by atoms with Crippen LogP contribution in [0.1, 0.15) is 42.8 Å². The molecule has 0 saturated heterocycles. The van der Waals surface area contributed by atoms with E-state index < -0.39 is 17.9 Å². The van der Waals surface area contributed by atoms with Crippen LogP contribution < -0.4 is 5.32 Å². The smallest absolute Gasteiger partial charge is 0.320 e. The lowest BCUT2D eigenvalue weighted by molar-refractivity contribution is -0.145. The number of alkyl halides is 3. The molecule has 0 aliphatic heterocycles. The van der Waals surface area contributed by atoms with E-state index in [9.17, 15) is 22.8 Å². The third kappa shape index (κ3) is 5.39. The Bertz CT molecular complexity index is 1300. The summed E-state index contributed by atoms with van der Waals surface area (Å²) in [5.41, 5.74) is 1.54. The summed E-state index contributed by atoms with van der Waals surface area (Å²) in [4.78, 5) is 25.7. The van der Waals surface area contributed by atoms with Crippen LogP contribution in [0, 0.1) is 0 Å². The molecule has 178 valence electrons. The number of ketones is 1. The van der Waals surface area contributed by atoms with Crippen LogP contribution in [0.2, 0.25) is 5.02 Å². The zero-order valence-corrected chi connectivity index (χ0v) is 19.1. The maximum atomic E-state index is 13.2. The van der Waals surface area contributed by atoms with E-state index in [-0.39, 0.29) is 40.0 Å². The molecule has 34 heavy (non-hydrogen) atoms. The number of carbonyl (C=O) groups is 2. The van der Waals surface area contributed by atoms with Gasteiger partial charge in [0.2, 0.25) is 0 Å². The van der Waals surface area contributed by atoms with Crippen molar-refractivity contribution < 1.29 is 22.8 Å². The van der Waals surface area contributed by atoms with Gasteiger partial charge in [-0.15, -0.1) is 10.2 Å². The Labute approximate surface area is 196 Å². The summed E-state index contributed by atoms with van der Waals surface area (Å²) < 4.78 is 39.6. The Morgan fingerprint density at radius 3 is 2.38 bits per heavy atom. The van der Waals surface area contributed by atoms with Crippen molar-refractivity contribution in [3.63, 3.8) is 0 Å². The number of Topliss-reactive ketones (excluding diaryl/α,β-unsaturated/α-hetero) is 1. The first-order valence-electron chi connectivity index (χ1n) is 9.76. The molecule has 2 aromatic heterocycles. The summed E-state index contributed by atoms with van der Waals surface area (Å²) in [6.45, 7) is 8.15. The number of nitrogens with zero attached hydrogens (tertiary/aromatic N) is 6. The van der Waals surface area contributed by atoms with Gasteiger partial charge in [0.15, 0.2) is 5.78 Å². The van der Waals surface area contributed by atoms with Crippen LogP contribution in [0.5, 0.6) is 0 Å². The minimum Gasteiger partial charge on any atom is -0.320 e. The fourth-order valence-corrected chi connectivity index (χ4v) is 3.12. The first-order chi connectivity index (χ1) is 15.9. The molecule has 9 nitrogen and oxygen atoms in total. The molecular formula is C21H19ClF3N7O2. The number of para-hydroxylation sites is 1. The van der Waals surface area contributed by atoms with E-state index in [0.29, 0.717) is 16.1 Å². The summed E-state index contributed by atoms with van der Waals surface area (Å²) in [5, 5.41) is 16.9. The molecule has 0 aliphatic carbocycles. The van der Waals surface area contributed by atoms with Crippen LogP contribution in [0.25, 0.3) is 5.69 Å². The van der Waals surface area contributed by atoms with Gasteiger partial charge in [-0.05, 0) is 44.2 Å². The van der Waals surface area contributed by atoms with Gasteiger partial charge in [-0.25, -0.2) is 4.68 Å². The second-order valence-corrected chi connectivity index (χ2v) is 7.80. The van der Waals surface area contributed by atoms with Gasteiger partial charge in [0, 0.05) is 11.3 Å². The van der Waals surface area contributed by atoms with E-state index in [4.69, 9.17) is 11.6 Å².